The highest BCUT2D eigenvalue weighted by Gasteiger charge is 2.25. The summed E-state index contributed by atoms with van der Waals surface area (Å²) in [5.74, 6) is -0.390. The number of hydrogen-bond donors (Lipinski definition) is 0. The number of anilines is 1. The molecular formula is C21H21ClFN5O. The summed E-state index contributed by atoms with van der Waals surface area (Å²) in [7, 11) is 0. The van der Waals surface area contributed by atoms with Crippen molar-refractivity contribution < 1.29 is 9.18 Å². The summed E-state index contributed by atoms with van der Waals surface area (Å²) in [6.45, 7) is 4.50. The van der Waals surface area contributed by atoms with Gasteiger partial charge in [-0.25, -0.2) is 9.07 Å². The number of halogens is 2. The van der Waals surface area contributed by atoms with Gasteiger partial charge in [0, 0.05) is 31.9 Å². The van der Waals surface area contributed by atoms with Crippen LogP contribution in [0.25, 0.3) is 5.69 Å². The standard InChI is InChI=1S/C21H21ClFN5O/c1-15-20(24-25-28(15)19-6-3-2-5-18(19)22)21(29)27-12-4-11-26(13-14-27)17-9-7-16(23)8-10-17/h2-3,5-10H,4,11-14H2,1H3. The zero-order valence-electron chi connectivity index (χ0n) is 16.1. The van der Waals surface area contributed by atoms with Crippen molar-refractivity contribution in [2.24, 2.45) is 0 Å². The van der Waals surface area contributed by atoms with E-state index < -0.39 is 0 Å². The summed E-state index contributed by atoms with van der Waals surface area (Å²) in [6, 6.07) is 13.8. The van der Waals surface area contributed by atoms with Gasteiger partial charge in [-0.3, -0.25) is 4.79 Å². The Balaban J connectivity index is 1.50. The lowest BCUT2D eigenvalue weighted by Gasteiger charge is -2.23. The summed E-state index contributed by atoms with van der Waals surface area (Å²) in [6.07, 6.45) is 0.820. The summed E-state index contributed by atoms with van der Waals surface area (Å²) >= 11 is 6.26. The molecule has 1 saturated heterocycles. The van der Waals surface area contributed by atoms with Crippen LogP contribution < -0.4 is 4.90 Å². The predicted molar refractivity (Wildman–Crippen MR) is 110 cm³/mol. The molecule has 150 valence electrons. The number of nitrogens with zero attached hydrogens (tertiary/aromatic N) is 5. The lowest BCUT2D eigenvalue weighted by molar-refractivity contribution is 0.0760. The van der Waals surface area contributed by atoms with Gasteiger partial charge in [-0.05, 0) is 49.7 Å². The van der Waals surface area contributed by atoms with E-state index in [4.69, 9.17) is 11.6 Å². The first-order valence-corrected chi connectivity index (χ1v) is 9.89. The molecule has 6 nitrogen and oxygen atoms in total. The van der Waals surface area contributed by atoms with Crippen LogP contribution in [0.5, 0.6) is 0 Å². The van der Waals surface area contributed by atoms with E-state index in [1.165, 1.54) is 12.1 Å². The summed E-state index contributed by atoms with van der Waals surface area (Å²) in [5, 5.41) is 8.82. The number of aromatic nitrogens is 3. The van der Waals surface area contributed by atoms with Crippen LogP contribution in [0.1, 0.15) is 22.6 Å². The van der Waals surface area contributed by atoms with Crippen molar-refractivity contribution in [1.29, 1.82) is 0 Å². The van der Waals surface area contributed by atoms with Gasteiger partial charge in [-0.15, -0.1) is 5.10 Å². The summed E-state index contributed by atoms with van der Waals surface area (Å²) in [4.78, 5) is 17.1. The van der Waals surface area contributed by atoms with Gasteiger partial charge in [0.2, 0.25) is 0 Å². The Labute approximate surface area is 173 Å². The van der Waals surface area contributed by atoms with Crippen LogP contribution in [-0.2, 0) is 0 Å². The molecule has 0 saturated carbocycles. The first-order chi connectivity index (χ1) is 14.0. The Morgan fingerprint density at radius 2 is 1.79 bits per heavy atom. The second-order valence-electron chi connectivity index (χ2n) is 7.00. The van der Waals surface area contributed by atoms with Crippen molar-refractivity contribution >= 4 is 23.2 Å². The predicted octanol–water partition coefficient (Wildman–Crippen LogP) is 3.72. The van der Waals surface area contributed by atoms with E-state index in [9.17, 15) is 9.18 Å². The highest BCUT2D eigenvalue weighted by atomic mass is 35.5. The molecule has 1 fully saturated rings. The third-order valence-electron chi connectivity index (χ3n) is 5.15. The van der Waals surface area contributed by atoms with Gasteiger partial charge in [0.1, 0.15) is 5.82 Å². The minimum absolute atomic E-state index is 0.137. The zero-order chi connectivity index (χ0) is 20.4. The Hall–Kier alpha value is -2.93. The van der Waals surface area contributed by atoms with Crippen LogP contribution in [0.3, 0.4) is 0 Å². The third kappa shape index (κ3) is 3.96. The quantitative estimate of drug-likeness (QED) is 0.656. The van der Waals surface area contributed by atoms with Crippen molar-refractivity contribution in [3.05, 3.63) is 70.8 Å². The molecule has 1 amide bonds. The Bertz CT molecular complexity index is 1020. The highest BCUT2D eigenvalue weighted by Crippen LogP contribution is 2.22. The molecule has 3 aromatic rings. The van der Waals surface area contributed by atoms with Crippen LogP contribution in [0.15, 0.2) is 48.5 Å². The largest absolute Gasteiger partial charge is 0.370 e. The lowest BCUT2D eigenvalue weighted by atomic mass is 10.2. The smallest absolute Gasteiger partial charge is 0.276 e. The number of carbonyl (C=O) groups is 1. The first kappa shape index (κ1) is 19.4. The molecule has 2 heterocycles. The molecule has 29 heavy (non-hydrogen) atoms. The summed E-state index contributed by atoms with van der Waals surface area (Å²) < 4.78 is 14.8. The van der Waals surface area contributed by atoms with E-state index in [2.05, 4.69) is 15.2 Å². The molecule has 0 aliphatic carbocycles. The maximum atomic E-state index is 13.2. The minimum atomic E-state index is -0.252. The normalized spacial score (nSPS) is 14.7. The molecule has 4 rings (SSSR count). The van der Waals surface area contributed by atoms with Crippen molar-refractivity contribution in [2.45, 2.75) is 13.3 Å². The van der Waals surface area contributed by atoms with Gasteiger partial charge in [0.05, 0.1) is 16.4 Å². The maximum absolute atomic E-state index is 13.2. The molecule has 8 heteroatoms. The molecule has 0 atom stereocenters. The van der Waals surface area contributed by atoms with Crippen LogP contribution >= 0.6 is 11.6 Å². The van der Waals surface area contributed by atoms with Crippen LogP contribution in [-0.4, -0.2) is 52.0 Å². The molecule has 2 aromatic carbocycles. The fraction of sp³-hybridized carbons (Fsp3) is 0.286. The van der Waals surface area contributed by atoms with Crippen molar-refractivity contribution in [2.75, 3.05) is 31.1 Å². The maximum Gasteiger partial charge on any atom is 0.276 e. The Morgan fingerprint density at radius 1 is 1.03 bits per heavy atom. The van der Waals surface area contributed by atoms with Gasteiger partial charge in [0.25, 0.3) is 5.91 Å². The monoisotopic (exact) mass is 413 g/mol. The second kappa shape index (κ2) is 8.21. The number of hydrogen-bond acceptors (Lipinski definition) is 4. The van der Waals surface area contributed by atoms with Gasteiger partial charge in [-0.1, -0.05) is 28.9 Å². The van der Waals surface area contributed by atoms with Gasteiger partial charge < -0.3 is 9.80 Å². The van der Waals surface area contributed by atoms with Crippen LogP contribution in [0.4, 0.5) is 10.1 Å². The van der Waals surface area contributed by atoms with E-state index in [0.717, 1.165) is 18.7 Å². The average molecular weight is 414 g/mol. The highest BCUT2D eigenvalue weighted by molar-refractivity contribution is 6.32. The van der Waals surface area contributed by atoms with Gasteiger partial charge in [-0.2, -0.15) is 0 Å². The fourth-order valence-corrected chi connectivity index (χ4v) is 3.78. The molecule has 1 aliphatic heterocycles. The topological polar surface area (TPSA) is 54.3 Å². The van der Waals surface area contributed by atoms with E-state index in [0.29, 0.717) is 41.7 Å². The number of carbonyl (C=O) groups excluding carboxylic acids is 1. The van der Waals surface area contributed by atoms with Crippen molar-refractivity contribution in [3.8, 4) is 5.69 Å². The fourth-order valence-electron chi connectivity index (χ4n) is 3.56. The number of amides is 1. The zero-order valence-corrected chi connectivity index (χ0v) is 16.8. The van der Waals surface area contributed by atoms with Crippen molar-refractivity contribution in [1.82, 2.24) is 19.9 Å². The molecule has 1 aromatic heterocycles. The number of rotatable bonds is 3. The summed E-state index contributed by atoms with van der Waals surface area (Å²) in [5.41, 5.74) is 2.64. The Morgan fingerprint density at radius 3 is 2.55 bits per heavy atom. The molecular weight excluding hydrogens is 393 g/mol. The van der Waals surface area contributed by atoms with Gasteiger partial charge in [0.15, 0.2) is 5.69 Å². The van der Waals surface area contributed by atoms with E-state index in [1.54, 1.807) is 27.8 Å². The van der Waals surface area contributed by atoms with Crippen LogP contribution in [0.2, 0.25) is 5.02 Å². The third-order valence-corrected chi connectivity index (χ3v) is 5.47. The lowest BCUT2D eigenvalue weighted by Crippen LogP contribution is -2.35. The molecule has 0 bridgehead atoms. The Kier molecular flexibility index (Phi) is 5.49. The average Bonchev–Trinajstić information content (AvgIpc) is 2.94. The number of para-hydroxylation sites is 1. The molecule has 1 aliphatic rings. The van der Waals surface area contributed by atoms with Crippen molar-refractivity contribution in [3.63, 3.8) is 0 Å². The first-order valence-electron chi connectivity index (χ1n) is 9.51. The van der Waals surface area contributed by atoms with Gasteiger partial charge >= 0.3 is 0 Å². The van der Waals surface area contributed by atoms with Crippen LogP contribution in [0, 0.1) is 12.7 Å². The van der Waals surface area contributed by atoms with E-state index >= 15 is 0 Å². The van der Waals surface area contributed by atoms with E-state index in [1.807, 2.05) is 25.1 Å². The minimum Gasteiger partial charge on any atom is -0.370 e. The number of benzene rings is 2. The molecule has 0 unspecified atom stereocenters. The molecule has 0 radical (unpaired) electrons. The SMILES string of the molecule is Cc1c(C(=O)N2CCCN(c3ccc(F)cc3)CC2)nnn1-c1ccccc1Cl. The molecule has 0 N–H and O–H groups in total. The second-order valence-corrected chi connectivity index (χ2v) is 7.40. The van der Waals surface area contributed by atoms with E-state index in [-0.39, 0.29) is 11.7 Å². The molecule has 0 spiro atoms.